The highest BCUT2D eigenvalue weighted by Gasteiger charge is 2.10. The van der Waals surface area contributed by atoms with E-state index in [1.54, 1.807) is 6.07 Å². The number of benzene rings is 1. The molecule has 0 radical (unpaired) electrons. The Morgan fingerprint density at radius 3 is 2.81 bits per heavy atom. The normalized spacial score (nSPS) is 9.31. The zero-order chi connectivity index (χ0) is 12.1. The molecule has 4 nitrogen and oxygen atoms in total. The van der Waals surface area contributed by atoms with Crippen LogP contribution >= 0.6 is 15.9 Å². The fraction of sp³-hybridized carbons (Fsp3) is 0.182. The summed E-state index contributed by atoms with van der Waals surface area (Å²) in [5.74, 6) is -0.395. The number of aldehydes is 1. The molecule has 1 aromatic carbocycles. The van der Waals surface area contributed by atoms with Gasteiger partial charge in [0.1, 0.15) is 6.07 Å². The van der Waals surface area contributed by atoms with Crippen molar-refractivity contribution in [2.75, 3.05) is 7.11 Å². The van der Waals surface area contributed by atoms with Crippen molar-refractivity contribution in [3.05, 3.63) is 33.3 Å². The van der Waals surface area contributed by atoms with Gasteiger partial charge in [-0.25, -0.2) is 0 Å². The zero-order valence-corrected chi connectivity index (χ0v) is 10.1. The van der Waals surface area contributed by atoms with Crippen molar-refractivity contribution in [3.8, 4) is 6.07 Å². The van der Waals surface area contributed by atoms with E-state index in [1.165, 1.54) is 13.2 Å². The molecule has 0 bridgehead atoms. The average molecular weight is 282 g/mol. The second-order valence-corrected chi connectivity index (χ2v) is 3.88. The number of hydrogen-bond acceptors (Lipinski definition) is 4. The van der Waals surface area contributed by atoms with Crippen LogP contribution in [-0.2, 0) is 16.0 Å². The van der Waals surface area contributed by atoms with E-state index in [-0.39, 0.29) is 17.5 Å². The molecule has 0 fully saturated rings. The van der Waals surface area contributed by atoms with Crippen LogP contribution in [0.1, 0.15) is 21.5 Å². The fourth-order valence-corrected chi connectivity index (χ4v) is 1.85. The number of methoxy groups -OCH3 is 1. The van der Waals surface area contributed by atoms with Crippen LogP contribution < -0.4 is 0 Å². The highest BCUT2D eigenvalue weighted by atomic mass is 79.9. The molecule has 0 aromatic heterocycles. The van der Waals surface area contributed by atoms with Crippen LogP contribution in [0.5, 0.6) is 0 Å². The van der Waals surface area contributed by atoms with Gasteiger partial charge in [-0.3, -0.25) is 9.59 Å². The third kappa shape index (κ3) is 2.67. The Labute approximate surface area is 101 Å². The highest BCUT2D eigenvalue weighted by molar-refractivity contribution is 9.10. The van der Waals surface area contributed by atoms with Gasteiger partial charge in [0, 0.05) is 10.0 Å². The van der Waals surface area contributed by atoms with Gasteiger partial charge in [-0.2, -0.15) is 5.26 Å². The van der Waals surface area contributed by atoms with Crippen molar-refractivity contribution in [1.29, 1.82) is 5.26 Å². The van der Waals surface area contributed by atoms with Gasteiger partial charge in [0.15, 0.2) is 6.29 Å². The summed E-state index contributed by atoms with van der Waals surface area (Å²) in [5.41, 5.74) is 1.15. The van der Waals surface area contributed by atoms with E-state index in [4.69, 9.17) is 5.26 Å². The van der Waals surface area contributed by atoms with Crippen LogP contribution in [0.15, 0.2) is 16.6 Å². The summed E-state index contributed by atoms with van der Waals surface area (Å²) >= 11 is 3.18. The van der Waals surface area contributed by atoms with Gasteiger partial charge in [0.05, 0.1) is 19.1 Å². The predicted molar refractivity (Wildman–Crippen MR) is 60.0 cm³/mol. The summed E-state index contributed by atoms with van der Waals surface area (Å²) < 4.78 is 5.02. The van der Waals surface area contributed by atoms with E-state index in [1.807, 2.05) is 6.07 Å². The monoisotopic (exact) mass is 281 g/mol. The summed E-state index contributed by atoms with van der Waals surface area (Å²) in [6.07, 6.45) is 0.658. The van der Waals surface area contributed by atoms with Gasteiger partial charge in [0.2, 0.25) is 0 Å². The SMILES string of the molecule is COC(=O)Cc1cc(Br)c(C#N)c(C=O)c1. The van der Waals surface area contributed by atoms with Crippen molar-refractivity contribution in [2.45, 2.75) is 6.42 Å². The van der Waals surface area contributed by atoms with Crippen LogP contribution in [0.4, 0.5) is 0 Å². The summed E-state index contributed by atoms with van der Waals surface area (Å²) in [4.78, 5) is 21.8. The number of esters is 1. The number of carbonyl (C=O) groups is 2. The molecule has 0 saturated heterocycles. The van der Waals surface area contributed by atoms with Gasteiger partial charge in [0.25, 0.3) is 0 Å². The average Bonchev–Trinajstić information content (AvgIpc) is 2.28. The number of halogens is 1. The molecule has 0 N–H and O–H groups in total. The molecule has 0 amide bonds. The molecule has 0 aliphatic heterocycles. The fourth-order valence-electron chi connectivity index (χ4n) is 1.24. The van der Waals surface area contributed by atoms with Crippen LogP contribution in [0.2, 0.25) is 0 Å². The molecule has 82 valence electrons. The Balaban J connectivity index is 3.16. The number of ether oxygens (including phenoxy) is 1. The predicted octanol–water partition coefficient (Wildman–Crippen LogP) is 1.85. The lowest BCUT2D eigenvalue weighted by Crippen LogP contribution is -2.05. The Bertz CT molecular complexity index is 477. The summed E-state index contributed by atoms with van der Waals surface area (Å²) in [6.45, 7) is 0. The maximum atomic E-state index is 11.1. The number of nitriles is 1. The largest absolute Gasteiger partial charge is 0.469 e. The van der Waals surface area contributed by atoms with Crippen molar-refractivity contribution >= 4 is 28.2 Å². The molecule has 1 rings (SSSR count). The molecule has 1 aromatic rings. The Morgan fingerprint density at radius 1 is 1.62 bits per heavy atom. The second-order valence-electron chi connectivity index (χ2n) is 3.02. The van der Waals surface area contributed by atoms with Gasteiger partial charge < -0.3 is 4.74 Å². The lowest BCUT2D eigenvalue weighted by atomic mass is 10.0. The zero-order valence-electron chi connectivity index (χ0n) is 8.49. The third-order valence-electron chi connectivity index (χ3n) is 2.00. The number of nitrogens with zero attached hydrogens (tertiary/aromatic N) is 1. The first kappa shape index (κ1) is 12.4. The molecule has 0 heterocycles. The molecular formula is C11H8BrNO3. The van der Waals surface area contributed by atoms with Crippen molar-refractivity contribution in [2.24, 2.45) is 0 Å². The molecule has 0 atom stereocenters. The van der Waals surface area contributed by atoms with Crippen LogP contribution in [0.3, 0.4) is 0 Å². The molecule has 0 saturated carbocycles. The molecule has 0 aliphatic rings. The minimum atomic E-state index is -0.395. The molecule has 16 heavy (non-hydrogen) atoms. The van der Waals surface area contributed by atoms with Crippen LogP contribution in [-0.4, -0.2) is 19.4 Å². The first-order valence-electron chi connectivity index (χ1n) is 4.37. The minimum absolute atomic E-state index is 0.0711. The van der Waals surface area contributed by atoms with Crippen molar-refractivity contribution < 1.29 is 14.3 Å². The van der Waals surface area contributed by atoms with E-state index >= 15 is 0 Å². The summed E-state index contributed by atoms with van der Waals surface area (Å²) in [7, 11) is 1.29. The Morgan fingerprint density at radius 2 is 2.31 bits per heavy atom. The van der Waals surface area contributed by atoms with Gasteiger partial charge in [-0.15, -0.1) is 0 Å². The molecule has 0 unspecified atom stereocenters. The first-order chi connectivity index (χ1) is 7.62. The van der Waals surface area contributed by atoms with Crippen molar-refractivity contribution in [1.82, 2.24) is 0 Å². The Kier molecular flexibility index (Phi) is 4.20. The minimum Gasteiger partial charge on any atom is -0.469 e. The highest BCUT2D eigenvalue weighted by Crippen LogP contribution is 2.21. The van der Waals surface area contributed by atoms with E-state index in [2.05, 4.69) is 20.7 Å². The molecular weight excluding hydrogens is 274 g/mol. The number of hydrogen-bond donors (Lipinski definition) is 0. The summed E-state index contributed by atoms with van der Waals surface area (Å²) in [5, 5.41) is 8.82. The van der Waals surface area contributed by atoms with Gasteiger partial charge >= 0.3 is 5.97 Å². The van der Waals surface area contributed by atoms with E-state index in [9.17, 15) is 9.59 Å². The Hall–Kier alpha value is -1.67. The topological polar surface area (TPSA) is 67.2 Å². The van der Waals surface area contributed by atoms with E-state index in [0.717, 1.165) is 0 Å². The third-order valence-corrected chi connectivity index (χ3v) is 2.62. The quantitative estimate of drug-likeness (QED) is 0.626. The van der Waals surface area contributed by atoms with E-state index < -0.39 is 5.97 Å². The second kappa shape index (κ2) is 5.42. The number of rotatable bonds is 3. The lowest BCUT2D eigenvalue weighted by molar-refractivity contribution is -0.139. The van der Waals surface area contributed by atoms with Crippen LogP contribution in [0.25, 0.3) is 0 Å². The maximum absolute atomic E-state index is 11.1. The molecule has 5 heteroatoms. The molecule has 0 aliphatic carbocycles. The van der Waals surface area contributed by atoms with E-state index in [0.29, 0.717) is 16.3 Å². The standard InChI is InChI=1S/C11H8BrNO3/c1-16-11(15)4-7-2-8(6-14)9(5-13)10(12)3-7/h2-3,6H,4H2,1H3. The lowest BCUT2D eigenvalue weighted by Gasteiger charge is -2.04. The number of carbonyl (C=O) groups excluding carboxylic acids is 2. The molecule has 0 spiro atoms. The van der Waals surface area contributed by atoms with Crippen molar-refractivity contribution in [3.63, 3.8) is 0 Å². The first-order valence-corrected chi connectivity index (χ1v) is 5.16. The smallest absolute Gasteiger partial charge is 0.309 e. The van der Waals surface area contributed by atoms with Crippen LogP contribution in [0, 0.1) is 11.3 Å². The maximum Gasteiger partial charge on any atom is 0.309 e. The summed E-state index contributed by atoms with van der Waals surface area (Å²) in [6, 6.07) is 5.05. The van der Waals surface area contributed by atoms with Gasteiger partial charge in [-0.1, -0.05) is 0 Å². The van der Waals surface area contributed by atoms with Gasteiger partial charge in [-0.05, 0) is 33.6 Å².